The van der Waals surface area contributed by atoms with Gasteiger partial charge in [-0.3, -0.25) is 31.9 Å². The smallest absolute Gasteiger partial charge is 0.277 e. The number of methoxy groups -OCH3 is 2. The lowest BCUT2D eigenvalue weighted by Gasteiger charge is -2.24. The number of nitro benzene ring substituents is 2. The van der Waals surface area contributed by atoms with Gasteiger partial charge in [-0.2, -0.15) is 0 Å². The molecule has 0 radical (unpaired) electrons. The summed E-state index contributed by atoms with van der Waals surface area (Å²) in [5, 5.41) is 25.3. The van der Waals surface area contributed by atoms with Gasteiger partial charge in [-0.1, -0.05) is 58.5 Å². The third-order valence-electron chi connectivity index (χ3n) is 6.68. The average Bonchev–Trinajstić information content (AvgIpc) is 2.99. The van der Waals surface area contributed by atoms with Gasteiger partial charge in [0.2, 0.25) is 0 Å². The van der Waals surface area contributed by atoms with Crippen molar-refractivity contribution in [3.05, 3.63) is 112 Å². The van der Waals surface area contributed by atoms with Crippen LogP contribution in [-0.2, 0) is 9.47 Å². The van der Waals surface area contributed by atoms with Crippen LogP contribution in [0.1, 0.15) is 23.6 Å². The lowest BCUT2D eigenvalue weighted by atomic mass is 9.94. The van der Waals surface area contributed by atoms with Crippen LogP contribution in [0.2, 0.25) is 20.1 Å². The average molecular weight is 698 g/mol. The molecule has 6 N–H and O–H groups in total. The molecule has 0 amide bonds. The highest BCUT2D eigenvalue weighted by atomic mass is 35.5. The molecule has 45 heavy (non-hydrogen) atoms. The highest BCUT2D eigenvalue weighted by Crippen LogP contribution is 2.50. The van der Waals surface area contributed by atoms with E-state index >= 15 is 0 Å². The predicted molar refractivity (Wildman–Crippen MR) is 171 cm³/mol. The number of nitrogens with zero attached hydrogens (tertiary/aromatic N) is 2. The van der Waals surface area contributed by atoms with Gasteiger partial charge in [-0.15, -0.1) is 0 Å². The third-order valence-corrected chi connectivity index (χ3v) is 7.78. The Morgan fingerprint density at radius 1 is 0.667 bits per heavy atom. The van der Waals surface area contributed by atoms with Crippen molar-refractivity contribution in [1.29, 1.82) is 0 Å². The lowest BCUT2D eigenvalue weighted by molar-refractivity contribution is -0.386. The Morgan fingerprint density at radius 2 is 1.04 bits per heavy atom. The number of ether oxygens (including phenoxy) is 3. The summed E-state index contributed by atoms with van der Waals surface area (Å²) in [6.07, 6.45) is -2.43. The lowest BCUT2D eigenvalue weighted by Crippen LogP contribution is -2.30. The molecule has 0 saturated carbocycles. The van der Waals surface area contributed by atoms with E-state index in [4.69, 9.17) is 72.3 Å². The molecule has 4 aromatic rings. The van der Waals surface area contributed by atoms with Crippen molar-refractivity contribution in [2.24, 2.45) is 11.7 Å². The quantitative estimate of drug-likeness (QED) is 0.0497. The van der Waals surface area contributed by atoms with Gasteiger partial charge in [0, 0.05) is 58.7 Å². The van der Waals surface area contributed by atoms with Gasteiger partial charge in [0.25, 0.3) is 11.4 Å². The minimum absolute atomic E-state index is 0.0259. The normalized spacial score (nSPS) is 12.5. The van der Waals surface area contributed by atoms with Crippen LogP contribution in [0.25, 0.3) is 22.3 Å². The number of nitrogens with one attached hydrogen (secondary N) is 2. The van der Waals surface area contributed by atoms with Crippen LogP contribution in [0.15, 0.2) is 60.7 Å². The molecule has 17 heteroatoms. The Bertz CT molecular complexity index is 1640. The van der Waals surface area contributed by atoms with E-state index < -0.39 is 22.3 Å². The molecular weight excluding hydrogens is 674 g/mol. The van der Waals surface area contributed by atoms with E-state index in [2.05, 4.69) is 10.9 Å². The Kier molecular flexibility index (Phi) is 11.2. The fourth-order valence-electron chi connectivity index (χ4n) is 4.79. The molecule has 0 aliphatic carbocycles. The van der Waals surface area contributed by atoms with Gasteiger partial charge in [0.05, 0.1) is 31.0 Å². The molecule has 0 aromatic heterocycles. The van der Waals surface area contributed by atoms with E-state index in [-0.39, 0.29) is 66.3 Å². The van der Waals surface area contributed by atoms with Crippen LogP contribution in [0.5, 0.6) is 11.5 Å². The molecule has 4 aromatic carbocycles. The SMILES string of the molecule is COC(NN)c1c([N+](=O)[O-])ccc(Oc2ccc([N+](=O)[O-])c(C(NN)OC)c2-c2ccc(Cl)cc2Cl)c1-c1ccc(Cl)cc1Cl. The molecule has 0 fully saturated rings. The molecule has 0 spiro atoms. The van der Waals surface area contributed by atoms with Crippen LogP contribution in [-0.4, -0.2) is 24.1 Å². The van der Waals surface area contributed by atoms with Gasteiger partial charge < -0.3 is 14.2 Å². The predicted octanol–water partition coefficient (Wildman–Crippen LogP) is 7.46. The monoisotopic (exact) mass is 696 g/mol. The van der Waals surface area contributed by atoms with E-state index in [1.165, 1.54) is 62.8 Å². The van der Waals surface area contributed by atoms with Gasteiger partial charge in [0.15, 0.2) is 12.5 Å². The summed E-state index contributed by atoms with van der Waals surface area (Å²) in [7, 11) is 2.59. The Labute approximate surface area is 276 Å². The van der Waals surface area contributed by atoms with Crippen molar-refractivity contribution in [2.75, 3.05) is 14.2 Å². The first-order valence-corrected chi connectivity index (χ1v) is 14.2. The zero-order chi connectivity index (χ0) is 33.0. The number of halogens is 4. The Morgan fingerprint density at radius 3 is 1.33 bits per heavy atom. The molecular formula is C28H24Cl4N6O7. The Balaban J connectivity index is 2.14. The Hall–Kier alpha value is -3.60. The number of hydrogen-bond acceptors (Lipinski definition) is 11. The first-order chi connectivity index (χ1) is 21.5. The third kappa shape index (κ3) is 6.98. The van der Waals surface area contributed by atoms with Gasteiger partial charge >= 0.3 is 0 Å². The topological polar surface area (TPSA) is 190 Å². The molecule has 0 bridgehead atoms. The highest BCUT2D eigenvalue weighted by Gasteiger charge is 2.33. The van der Waals surface area contributed by atoms with Crippen molar-refractivity contribution in [1.82, 2.24) is 10.9 Å². The number of hydrazine groups is 2. The van der Waals surface area contributed by atoms with Crippen LogP contribution in [0.4, 0.5) is 11.4 Å². The van der Waals surface area contributed by atoms with Crippen molar-refractivity contribution in [2.45, 2.75) is 12.5 Å². The van der Waals surface area contributed by atoms with E-state index in [9.17, 15) is 20.2 Å². The van der Waals surface area contributed by atoms with Crippen molar-refractivity contribution in [3.63, 3.8) is 0 Å². The first-order valence-electron chi connectivity index (χ1n) is 12.7. The second-order valence-electron chi connectivity index (χ2n) is 9.17. The highest BCUT2D eigenvalue weighted by molar-refractivity contribution is 6.37. The number of benzene rings is 4. The largest absolute Gasteiger partial charge is 0.456 e. The van der Waals surface area contributed by atoms with Gasteiger partial charge in [0.1, 0.15) is 11.5 Å². The van der Waals surface area contributed by atoms with Gasteiger partial charge in [-0.05, 0) is 36.4 Å². The molecule has 4 rings (SSSR count). The second kappa shape index (κ2) is 14.7. The molecule has 0 aliphatic heterocycles. The van der Waals surface area contributed by atoms with Crippen molar-refractivity contribution in [3.8, 4) is 33.8 Å². The summed E-state index contributed by atoms with van der Waals surface area (Å²) in [5.74, 6) is 11.5. The molecule has 236 valence electrons. The summed E-state index contributed by atoms with van der Waals surface area (Å²) in [6.45, 7) is 0. The number of nitro groups is 2. The molecule has 0 saturated heterocycles. The second-order valence-corrected chi connectivity index (χ2v) is 10.9. The zero-order valence-electron chi connectivity index (χ0n) is 23.3. The van der Waals surface area contributed by atoms with Crippen LogP contribution < -0.4 is 27.3 Å². The summed E-state index contributed by atoms with van der Waals surface area (Å²) >= 11 is 25.5. The number of nitrogens with two attached hydrogens (primary N) is 2. The van der Waals surface area contributed by atoms with E-state index in [1.54, 1.807) is 12.1 Å². The van der Waals surface area contributed by atoms with Crippen LogP contribution in [0, 0.1) is 20.2 Å². The molecule has 13 nitrogen and oxygen atoms in total. The van der Waals surface area contributed by atoms with Crippen molar-refractivity contribution >= 4 is 57.8 Å². The maximum absolute atomic E-state index is 12.2. The van der Waals surface area contributed by atoms with E-state index in [0.29, 0.717) is 10.0 Å². The fraction of sp³-hybridized carbons (Fsp3) is 0.143. The van der Waals surface area contributed by atoms with Crippen LogP contribution >= 0.6 is 46.4 Å². The molecule has 2 atom stereocenters. The minimum Gasteiger partial charge on any atom is -0.456 e. The first kappa shape index (κ1) is 34.3. The molecule has 2 unspecified atom stereocenters. The summed E-state index contributed by atoms with van der Waals surface area (Å²) in [6, 6.07) is 14.1. The van der Waals surface area contributed by atoms with Crippen LogP contribution in [0.3, 0.4) is 0 Å². The number of rotatable bonds is 12. The maximum atomic E-state index is 12.2. The standard InChI is InChI=1S/C28H24Cl4N6O7/c1-43-27(35-33)25-19(37(39)40)7-9-21(23(25)15-5-3-13(29)11-17(15)31)45-22-10-8-20(38(41)42)26(28(36-34)44-2)24(22)16-6-4-14(30)12-18(16)32/h3-12,27-28,35-36H,33-34H2,1-2H3. The fourth-order valence-corrected chi connectivity index (χ4v) is 5.80. The number of hydrogen-bond donors (Lipinski definition) is 4. The van der Waals surface area contributed by atoms with Gasteiger partial charge in [-0.25, -0.2) is 10.9 Å². The molecule has 0 aliphatic rings. The van der Waals surface area contributed by atoms with Crippen molar-refractivity contribution < 1.29 is 24.1 Å². The zero-order valence-corrected chi connectivity index (χ0v) is 26.4. The van der Waals surface area contributed by atoms with E-state index in [0.717, 1.165) is 0 Å². The summed E-state index contributed by atoms with van der Waals surface area (Å²) in [5.41, 5.74) is 4.80. The minimum atomic E-state index is -1.22. The summed E-state index contributed by atoms with van der Waals surface area (Å²) in [4.78, 5) is 23.2. The maximum Gasteiger partial charge on any atom is 0.277 e. The summed E-state index contributed by atoms with van der Waals surface area (Å²) < 4.78 is 17.4. The molecule has 0 heterocycles. The van der Waals surface area contributed by atoms with E-state index in [1.807, 2.05) is 0 Å².